The third-order valence-electron chi connectivity index (χ3n) is 2.59. The van der Waals surface area contributed by atoms with Crippen molar-refractivity contribution in [1.82, 2.24) is 0 Å². The van der Waals surface area contributed by atoms with E-state index in [0.717, 1.165) is 5.56 Å². The Morgan fingerprint density at radius 3 is 2.67 bits per heavy atom. The summed E-state index contributed by atoms with van der Waals surface area (Å²) < 4.78 is 13.0. The summed E-state index contributed by atoms with van der Waals surface area (Å²) in [4.78, 5) is 10.9. The van der Waals surface area contributed by atoms with Crippen molar-refractivity contribution in [2.45, 2.75) is 6.92 Å². The molecule has 2 rings (SSSR count). The van der Waals surface area contributed by atoms with Gasteiger partial charge < -0.3 is 10.4 Å². The molecular formula is C14H12FNO2. The number of halogens is 1. The molecule has 18 heavy (non-hydrogen) atoms. The summed E-state index contributed by atoms with van der Waals surface area (Å²) in [7, 11) is 0. The zero-order valence-corrected chi connectivity index (χ0v) is 9.77. The molecule has 0 saturated carbocycles. The highest BCUT2D eigenvalue weighted by Gasteiger charge is 2.06. The predicted octanol–water partition coefficient (Wildman–Crippen LogP) is 3.58. The number of aryl methyl sites for hydroxylation is 1. The van der Waals surface area contributed by atoms with E-state index in [1.165, 1.54) is 24.3 Å². The lowest BCUT2D eigenvalue weighted by molar-refractivity contribution is 0.0697. The Labute approximate surface area is 104 Å². The van der Waals surface area contributed by atoms with Crippen LogP contribution in [0.4, 0.5) is 15.8 Å². The van der Waals surface area contributed by atoms with Gasteiger partial charge in [0.15, 0.2) is 0 Å². The fraction of sp³-hybridized carbons (Fsp3) is 0.0714. The molecule has 0 aliphatic heterocycles. The van der Waals surface area contributed by atoms with E-state index in [2.05, 4.69) is 5.32 Å². The Hall–Kier alpha value is -2.36. The summed E-state index contributed by atoms with van der Waals surface area (Å²) in [5.74, 6) is -1.33. The van der Waals surface area contributed by atoms with E-state index in [1.54, 1.807) is 18.2 Å². The summed E-state index contributed by atoms with van der Waals surface area (Å²) in [6.45, 7) is 1.85. The number of hydrogen-bond donors (Lipinski definition) is 2. The first-order valence-electron chi connectivity index (χ1n) is 5.43. The molecule has 0 heterocycles. The lowest BCUT2D eigenvalue weighted by atomic mass is 10.1. The Morgan fingerprint density at radius 2 is 2.00 bits per heavy atom. The fourth-order valence-electron chi connectivity index (χ4n) is 1.61. The average Bonchev–Trinajstić information content (AvgIpc) is 2.31. The highest BCUT2D eigenvalue weighted by atomic mass is 19.1. The fourth-order valence-corrected chi connectivity index (χ4v) is 1.61. The lowest BCUT2D eigenvalue weighted by Gasteiger charge is -2.10. The first-order valence-corrected chi connectivity index (χ1v) is 5.43. The molecule has 0 radical (unpaired) electrons. The van der Waals surface area contributed by atoms with Crippen LogP contribution < -0.4 is 5.32 Å². The van der Waals surface area contributed by atoms with Crippen LogP contribution in [0.5, 0.6) is 0 Å². The van der Waals surface area contributed by atoms with Gasteiger partial charge in [-0.1, -0.05) is 12.1 Å². The second-order valence-electron chi connectivity index (χ2n) is 3.97. The number of carboxylic acid groups (broad SMARTS) is 1. The molecule has 4 heteroatoms. The summed E-state index contributed by atoms with van der Waals surface area (Å²) in [5, 5.41) is 11.9. The highest BCUT2D eigenvalue weighted by Crippen LogP contribution is 2.22. The number of carbonyl (C=O) groups is 1. The lowest BCUT2D eigenvalue weighted by Crippen LogP contribution is -2.00. The summed E-state index contributed by atoms with van der Waals surface area (Å²) in [6.07, 6.45) is 0. The van der Waals surface area contributed by atoms with E-state index in [9.17, 15) is 9.18 Å². The quantitative estimate of drug-likeness (QED) is 0.869. The minimum Gasteiger partial charge on any atom is -0.478 e. The molecule has 0 aliphatic carbocycles. The van der Waals surface area contributed by atoms with Crippen molar-refractivity contribution in [3.05, 3.63) is 59.4 Å². The molecule has 0 aliphatic rings. The number of anilines is 2. The topological polar surface area (TPSA) is 49.3 Å². The minimum atomic E-state index is -0.989. The van der Waals surface area contributed by atoms with Crippen LogP contribution in [0.25, 0.3) is 0 Å². The average molecular weight is 245 g/mol. The van der Waals surface area contributed by atoms with E-state index in [4.69, 9.17) is 5.11 Å². The van der Waals surface area contributed by atoms with Crippen LogP contribution in [-0.2, 0) is 0 Å². The smallest absolute Gasteiger partial charge is 0.335 e. The van der Waals surface area contributed by atoms with Gasteiger partial charge in [0.05, 0.1) is 5.56 Å². The summed E-state index contributed by atoms with van der Waals surface area (Å²) in [6, 6.07) is 10.8. The summed E-state index contributed by atoms with van der Waals surface area (Å²) >= 11 is 0. The van der Waals surface area contributed by atoms with Crippen LogP contribution in [0.1, 0.15) is 15.9 Å². The van der Waals surface area contributed by atoms with Crippen LogP contribution in [0.2, 0.25) is 0 Å². The zero-order valence-electron chi connectivity index (χ0n) is 9.77. The maximum Gasteiger partial charge on any atom is 0.335 e. The molecule has 0 aromatic heterocycles. The molecule has 0 bridgehead atoms. The first-order chi connectivity index (χ1) is 8.56. The molecule has 92 valence electrons. The van der Waals surface area contributed by atoms with E-state index in [-0.39, 0.29) is 11.4 Å². The summed E-state index contributed by atoms with van der Waals surface area (Å²) in [5.41, 5.74) is 2.32. The van der Waals surface area contributed by atoms with Gasteiger partial charge in [-0.2, -0.15) is 0 Å². The Balaban J connectivity index is 2.33. The molecule has 0 unspecified atom stereocenters. The van der Waals surface area contributed by atoms with Crippen molar-refractivity contribution in [3.63, 3.8) is 0 Å². The number of benzene rings is 2. The van der Waals surface area contributed by atoms with Crippen LogP contribution in [0.3, 0.4) is 0 Å². The number of rotatable bonds is 3. The van der Waals surface area contributed by atoms with Gasteiger partial charge in [0.2, 0.25) is 0 Å². The van der Waals surface area contributed by atoms with Gasteiger partial charge in [-0.25, -0.2) is 9.18 Å². The largest absolute Gasteiger partial charge is 0.478 e. The van der Waals surface area contributed by atoms with Gasteiger partial charge in [-0.05, 0) is 42.8 Å². The van der Waals surface area contributed by atoms with Gasteiger partial charge in [-0.15, -0.1) is 0 Å². The van der Waals surface area contributed by atoms with Crippen LogP contribution in [0, 0.1) is 12.7 Å². The second-order valence-corrected chi connectivity index (χ2v) is 3.97. The monoisotopic (exact) mass is 245 g/mol. The van der Waals surface area contributed by atoms with Gasteiger partial charge in [0, 0.05) is 11.4 Å². The molecule has 0 amide bonds. The van der Waals surface area contributed by atoms with Gasteiger partial charge in [0.1, 0.15) is 5.82 Å². The van der Waals surface area contributed by atoms with E-state index in [1.807, 2.05) is 6.92 Å². The van der Waals surface area contributed by atoms with Crippen molar-refractivity contribution in [3.8, 4) is 0 Å². The molecular weight excluding hydrogens is 233 g/mol. The number of nitrogens with one attached hydrogen (secondary N) is 1. The Morgan fingerprint density at radius 1 is 1.22 bits per heavy atom. The number of hydrogen-bond acceptors (Lipinski definition) is 2. The van der Waals surface area contributed by atoms with E-state index in [0.29, 0.717) is 11.4 Å². The number of aromatic carboxylic acids is 1. The normalized spacial score (nSPS) is 10.1. The maximum atomic E-state index is 13.0. The molecule has 0 spiro atoms. The standard InChI is InChI=1S/C14H12FNO2/c1-9-5-6-10(14(17)18)7-13(9)16-12-4-2-3-11(15)8-12/h2-8,16H,1H3,(H,17,18). The molecule has 3 nitrogen and oxygen atoms in total. The SMILES string of the molecule is Cc1ccc(C(=O)O)cc1Nc1cccc(F)c1. The Kier molecular flexibility index (Phi) is 3.28. The third kappa shape index (κ3) is 2.66. The van der Waals surface area contributed by atoms with Crippen molar-refractivity contribution in [2.75, 3.05) is 5.32 Å². The molecule has 0 fully saturated rings. The molecule has 0 saturated heterocycles. The Bertz CT molecular complexity index is 596. The second kappa shape index (κ2) is 4.87. The molecule has 0 atom stereocenters. The molecule has 2 aromatic carbocycles. The van der Waals surface area contributed by atoms with Crippen molar-refractivity contribution >= 4 is 17.3 Å². The third-order valence-corrected chi connectivity index (χ3v) is 2.59. The highest BCUT2D eigenvalue weighted by molar-refractivity contribution is 5.89. The first kappa shape index (κ1) is 12.1. The van der Waals surface area contributed by atoms with Crippen LogP contribution >= 0.6 is 0 Å². The van der Waals surface area contributed by atoms with Crippen molar-refractivity contribution in [2.24, 2.45) is 0 Å². The van der Waals surface area contributed by atoms with Crippen LogP contribution in [-0.4, -0.2) is 11.1 Å². The van der Waals surface area contributed by atoms with Crippen LogP contribution in [0.15, 0.2) is 42.5 Å². The van der Waals surface area contributed by atoms with E-state index < -0.39 is 5.97 Å². The van der Waals surface area contributed by atoms with Crippen molar-refractivity contribution < 1.29 is 14.3 Å². The zero-order chi connectivity index (χ0) is 13.1. The minimum absolute atomic E-state index is 0.194. The molecule has 2 aromatic rings. The van der Waals surface area contributed by atoms with Gasteiger partial charge in [0.25, 0.3) is 0 Å². The number of carboxylic acids is 1. The van der Waals surface area contributed by atoms with Gasteiger partial charge >= 0.3 is 5.97 Å². The molecule has 2 N–H and O–H groups in total. The van der Waals surface area contributed by atoms with Gasteiger partial charge in [-0.3, -0.25) is 0 Å². The van der Waals surface area contributed by atoms with Crippen molar-refractivity contribution in [1.29, 1.82) is 0 Å². The van der Waals surface area contributed by atoms with E-state index >= 15 is 0 Å². The maximum absolute atomic E-state index is 13.0. The predicted molar refractivity (Wildman–Crippen MR) is 67.8 cm³/mol.